The number of nitrogens with two attached hydrogens (primary N) is 1. The number of nitrogen functional groups attached to an aromatic ring is 1. The van der Waals surface area contributed by atoms with Gasteiger partial charge >= 0.3 is 7.82 Å². The number of ether oxygens (including phenoxy) is 1. The number of alkyl halides is 1. The van der Waals surface area contributed by atoms with Gasteiger partial charge in [-0.05, 0) is 27.7 Å². The Kier molecular flexibility index (Phi) is 4.28. The van der Waals surface area contributed by atoms with Gasteiger partial charge in [0.05, 0.1) is 24.7 Å². The first kappa shape index (κ1) is 18.7. The second kappa shape index (κ2) is 6.18. The van der Waals surface area contributed by atoms with Crippen LogP contribution in [0, 0.1) is 6.92 Å². The van der Waals surface area contributed by atoms with Gasteiger partial charge in [-0.15, -0.1) is 0 Å². The van der Waals surface area contributed by atoms with E-state index in [-0.39, 0.29) is 12.6 Å². The molecule has 4 heterocycles. The summed E-state index contributed by atoms with van der Waals surface area (Å²) in [5, 5.41) is 0. The van der Waals surface area contributed by atoms with Gasteiger partial charge < -0.3 is 10.5 Å². The number of phosphoric ester groups is 1. The Morgan fingerprint density at radius 2 is 2.22 bits per heavy atom. The number of hydrogen-bond acceptors (Lipinski definition) is 9. The van der Waals surface area contributed by atoms with Gasteiger partial charge in [0.1, 0.15) is 17.7 Å². The molecule has 5 atom stereocenters. The number of fused-ring (bicyclic) bond motifs is 2. The summed E-state index contributed by atoms with van der Waals surface area (Å²) in [7, 11) is -3.88. The van der Waals surface area contributed by atoms with Crippen molar-refractivity contribution >= 4 is 24.9 Å². The highest BCUT2D eigenvalue weighted by Gasteiger charge is 2.61. The molecule has 0 spiro atoms. The Morgan fingerprint density at radius 3 is 2.93 bits per heavy atom. The molecule has 0 bridgehead atoms. The highest BCUT2D eigenvalue weighted by Crippen LogP contribution is 2.60. The molecule has 2 aliphatic rings. The molecule has 2 aliphatic heterocycles. The number of halogens is 1. The van der Waals surface area contributed by atoms with Crippen LogP contribution < -0.4 is 5.73 Å². The van der Waals surface area contributed by atoms with E-state index in [4.69, 9.17) is 24.0 Å². The van der Waals surface area contributed by atoms with Gasteiger partial charge in [0.15, 0.2) is 17.5 Å². The second-order valence-corrected chi connectivity index (χ2v) is 8.67. The minimum Gasteiger partial charge on any atom is -0.368 e. The lowest BCUT2D eigenvalue weighted by Gasteiger charge is -2.34. The lowest BCUT2D eigenvalue weighted by atomic mass is 9.98. The molecule has 2 saturated heterocycles. The van der Waals surface area contributed by atoms with Crippen LogP contribution in [0.5, 0.6) is 0 Å². The Bertz CT molecular complexity index is 935. The van der Waals surface area contributed by atoms with Gasteiger partial charge in [-0.3, -0.25) is 18.1 Å². The van der Waals surface area contributed by atoms with Crippen LogP contribution in [-0.4, -0.2) is 50.1 Å². The van der Waals surface area contributed by atoms with E-state index in [1.807, 2.05) is 0 Å². The van der Waals surface area contributed by atoms with Gasteiger partial charge in [-0.2, -0.15) is 4.98 Å². The molecule has 0 radical (unpaired) electrons. The van der Waals surface area contributed by atoms with Crippen LogP contribution in [0.15, 0.2) is 6.33 Å². The molecule has 27 heavy (non-hydrogen) atoms. The zero-order chi connectivity index (χ0) is 19.6. The summed E-state index contributed by atoms with van der Waals surface area (Å²) in [5.74, 6) is 0.0483. The van der Waals surface area contributed by atoms with Crippen molar-refractivity contribution in [1.82, 2.24) is 19.5 Å². The van der Waals surface area contributed by atoms with E-state index in [0.717, 1.165) is 0 Å². The van der Waals surface area contributed by atoms with Crippen molar-refractivity contribution in [1.29, 1.82) is 0 Å². The molecule has 10 nitrogen and oxygen atoms in total. The summed E-state index contributed by atoms with van der Waals surface area (Å²) >= 11 is 0. The minimum absolute atomic E-state index is 0.0483. The van der Waals surface area contributed by atoms with Crippen molar-refractivity contribution in [2.45, 2.75) is 57.9 Å². The van der Waals surface area contributed by atoms with Crippen molar-refractivity contribution in [3.8, 4) is 0 Å². The van der Waals surface area contributed by atoms with Crippen LogP contribution >= 0.6 is 7.82 Å². The number of aryl methyl sites for hydroxylation is 1. The first-order valence-corrected chi connectivity index (χ1v) is 9.99. The Labute approximate surface area is 154 Å². The van der Waals surface area contributed by atoms with Crippen LogP contribution in [0.4, 0.5) is 10.3 Å². The minimum atomic E-state index is -3.88. The maximum atomic E-state index is 15.8. The number of aromatic nitrogens is 4. The fourth-order valence-corrected chi connectivity index (χ4v) is 5.04. The number of nitrogens with zero attached hydrogens (tertiary/aromatic N) is 4. The lowest BCUT2D eigenvalue weighted by molar-refractivity contribution is -0.0733. The quantitative estimate of drug-likeness (QED) is 0.771. The molecule has 0 aliphatic carbocycles. The average molecular weight is 401 g/mol. The number of anilines is 1. The lowest BCUT2D eigenvalue weighted by Crippen LogP contribution is -2.45. The third-order valence-electron chi connectivity index (χ3n) is 4.53. The Morgan fingerprint density at radius 1 is 1.48 bits per heavy atom. The summed E-state index contributed by atoms with van der Waals surface area (Å²) in [6.45, 7) is 6.30. The molecule has 2 aromatic heterocycles. The van der Waals surface area contributed by atoms with Gasteiger partial charge in [-0.1, -0.05) is 0 Å². The molecule has 1 unspecified atom stereocenters. The zero-order valence-electron chi connectivity index (χ0n) is 15.3. The third-order valence-corrected chi connectivity index (χ3v) is 6.16. The molecule has 12 heteroatoms. The van der Waals surface area contributed by atoms with E-state index in [2.05, 4.69) is 15.0 Å². The number of phosphoric acid groups is 1. The third kappa shape index (κ3) is 3.03. The number of hydrogen-bond donors (Lipinski definition) is 1. The standard InChI is InChI=1S/C15H21FN5O5P/c1-7(2)25-27(22)23-5-9-11(26-27)15(4,16)13(24-9)21-6-18-10-8(3)19-14(17)20-12(10)21/h6-7,9,11,13H,5H2,1-4H3,(H2,17,19,20)/t9-,11-,13-,15-,27?/m1/s1. The van der Waals surface area contributed by atoms with Crippen molar-refractivity contribution in [3.63, 3.8) is 0 Å². The molecular formula is C15H21FN5O5P. The van der Waals surface area contributed by atoms with E-state index < -0.39 is 38.0 Å². The van der Waals surface area contributed by atoms with E-state index in [9.17, 15) is 4.57 Å². The maximum Gasteiger partial charge on any atom is 0.475 e. The number of imidazole rings is 1. The van der Waals surface area contributed by atoms with Crippen molar-refractivity contribution in [2.75, 3.05) is 12.3 Å². The molecule has 0 saturated carbocycles. The van der Waals surface area contributed by atoms with Gasteiger partial charge in [0.2, 0.25) is 5.95 Å². The molecule has 0 aromatic carbocycles. The van der Waals surface area contributed by atoms with Crippen LogP contribution in [0.1, 0.15) is 32.7 Å². The molecule has 2 N–H and O–H groups in total. The fourth-order valence-electron chi connectivity index (χ4n) is 3.41. The van der Waals surface area contributed by atoms with Gasteiger partial charge in [0.25, 0.3) is 0 Å². The largest absolute Gasteiger partial charge is 0.475 e. The molecule has 2 aromatic rings. The summed E-state index contributed by atoms with van der Waals surface area (Å²) in [4.78, 5) is 12.5. The molecular weight excluding hydrogens is 380 g/mol. The van der Waals surface area contributed by atoms with Crippen LogP contribution in [-0.2, 0) is 22.9 Å². The fraction of sp³-hybridized carbons (Fsp3) is 0.667. The van der Waals surface area contributed by atoms with E-state index in [1.54, 1.807) is 20.8 Å². The second-order valence-electron chi connectivity index (χ2n) is 7.09. The summed E-state index contributed by atoms with van der Waals surface area (Å²) in [6.07, 6.45) is -2.02. The number of rotatable bonds is 3. The van der Waals surface area contributed by atoms with Crippen LogP contribution in [0.25, 0.3) is 11.2 Å². The average Bonchev–Trinajstić information content (AvgIpc) is 3.05. The Balaban J connectivity index is 1.70. The van der Waals surface area contributed by atoms with Gasteiger partial charge in [-0.25, -0.2) is 18.9 Å². The summed E-state index contributed by atoms with van der Waals surface area (Å²) in [5.41, 5.74) is 5.08. The normalized spacial score (nSPS) is 36.4. The Hall–Kier alpha value is -1.65. The predicted molar refractivity (Wildman–Crippen MR) is 92.5 cm³/mol. The van der Waals surface area contributed by atoms with E-state index in [1.165, 1.54) is 17.8 Å². The van der Waals surface area contributed by atoms with Gasteiger partial charge in [0, 0.05) is 0 Å². The van der Waals surface area contributed by atoms with Crippen LogP contribution in [0.3, 0.4) is 0 Å². The first-order valence-electron chi connectivity index (χ1n) is 8.53. The summed E-state index contributed by atoms with van der Waals surface area (Å²) < 4.78 is 51.6. The molecule has 4 rings (SSSR count). The van der Waals surface area contributed by atoms with Crippen molar-refractivity contribution in [3.05, 3.63) is 12.0 Å². The highest BCUT2D eigenvalue weighted by molar-refractivity contribution is 7.48. The molecule has 148 valence electrons. The van der Waals surface area contributed by atoms with Crippen molar-refractivity contribution < 1.29 is 27.3 Å². The maximum absolute atomic E-state index is 15.8. The van der Waals surface area contributed by atoms with E-state index >= 15 is 4.39 Å². The smallest absolute Gasteiger partial charge is 0.368 e. The predicted octanol–water partition coefficient (Wildman–Crippen LogP) is 2.29. The molecule has 2 fully saturated rings. The SMILES string of the molecule is Cc1nc(N)nc2c1ncn2[C@@H]1O[C@@H]2COP(=O)(OC(C)C)O[C@H]2[C@@]1(C)F. The molecule has 0 amide bonds. The van der Waals surface area contributed by atoms with E-state index in [0.29, 0.717) is 16.9 Å². The van der Waals surface area contributed by atoms with Crippen LogP contribution in [0.2, 0.25) is 0 Å². The van der Waals surface area contributed by atoms with Crippen molar-refractivity contribution in [2.24, 2.45) is 0 Å². The monoisotopic (exact) mass is 401 g/mol. The highest BCUT2D eigenvalue weighted by atomic mass is 31.2. The summed E-state index contributed by atoms with van der Waals surface area (Å²) in [6, 6.07) is 0. The zero-order valence-corrected chi connectivity index (χ0v) is 16.2. The topological polar surface area (TPSA) is 124 Å². The first-order chi connectivity index (χ1) is 12.6.